The van der Waals surface area contributed by atoms with Gasteiger partial charge in [0.25, 0.3) is 0 Å². The molecule has 5 nitrogen and oxygen atoms in total. The molecule has 0 saturated heterocycles. The highest BCUT2D eigenvalue weighted by Gasteiger charge is 2.24. The second-order valence-electron chi connectivity index (χ2n) is 6.24. The van der Waals surface area contributed by atoms with E-state index in [0.717, 1.165) is 45.1 Å². The lowest BCUT2D eigenvalue weighted by atomic mass is 9.86. The topological polar surface area (TPSA) is 90.9 Å². The number of amidine groups is 1. The van der Waals surface area contributed by atoms with E-state index in [4.69, 9.17) is 10.9 Å². The summed E-state index contributed by atoms with van der Waals surface area (Å²) < 4.78 is 0. The third kappa shape index (κ3) is 5.37. The SMILES string of the molecule is CC(C)(CCCCNC1CCCCC1O)C(N)=NO. The Morgan fingerprint density at radius 3 is 2.63 bits per heavy atom. The van der Waals surface area contributed by atoms with Crippen LogP contribution in [-0.2, 0) is 0 Å². The zero-order chi connectivity index (χ0) is 14.3. The molecule has 0 bridgehead atoms. The van der Waals surface area contributed by atoms with Gasteiger partial charge in [-0.1, -0.05) is 38.3 Å². The van der Waals surface area contributed by atoms with Crippen LogP contribution in [0.3, 0.4) is 0 Å². The van der Waals surface area contributed by atoms with E-state index < -0.39 is 0 Å². The summed E-state index contributed by atoms with van der Waals surface area (Å²) in [6, 6.07) is 0.269. The van der Waals surface area contributed by atoms with Gasteiger partial charge in [0.1, 0.15) is 5.84 Å². The molecule has 0 aromatic heterocycles. The molecule has 0 aromatic carbocycles. The van der Waals surface area contributed by atoms with E-state index in [0.29, 0.717) is 5.84 Å². The van der Waals surface area contributed by atoms with Crippen LogP contribution in [0.2, 0.25) is 0 Å². The number of aliphatic hydroxyl groups is 1. The molecule has 0 spiro atoms. The fourth-order valence-corrected chi connectivity index (χ4v) is 2.59. The summed E-state index contributed by atoms with van der Waals surface area (Å²) in [4.78, 5) is 0. The van der Waals surface area contributed by atoms with Crippen molar-refractivity contribution in [3.05, 3.63) is 0 Å². The average molecular weight is 271 g/mol. The van der Waals surface area contributed by atoms with Gasteiger partial charge in [0, 0.05) is 11.5 Å². The number of aliphatic hydroxyl groups excluding tert-OH is 1. The van der Waals surface area contributed by atoms with Gasteiger partial charge in [-0.3, -0.25) is 0 Å². The second kappa shape index (κ2) is 7.70. The number of nitrogens with two attached hydrogens (primary N) is 1. The summed E-state index contributed by atoms with van der Waals surface area (Å²) in [7, 11) is 0. The molecule has 1 rings (SSSR count). The maximum atomic E-state index is 9.84. The number of nitrogens with zero attached hydrogens (tertiary/aromatic N) is 1. The predicted octanol–water partition coefficient (Wildman–Crippen LogP) is 1.82. The molecule has 1 fully saturated rings. The Balaban J connectivity index is 2.14. The smallest absolute Gasteiger partial charge is 0.144 e. The Hall–Kier alpha value is -0.810. The highest BCUT2D eigenvalue weighted by molar-refractivity contribution is 5.85. The fourth-order valence-electron chi connectivity index (χ4n) is 2.59. The maximum absolute atomic E-state index is 9.84. The van der Waals surface area contributed by atoms with Crippen molar-refractivity contribution in [3.63, 3.8) is 0 Å². The Morgan fingerprint density at radius 2 is 2.00 bits per heavy atom. The van der Waals surface area contributed by atoms with Gasteiger partial charge in [0.15, 0.2) is 0 Å². The zero-order valence-electron chi connectivity index (χ0n) is 12.2. The van der Waals surface area contributed by atoms with Gasteiger partial charge in [0.05, 0.1) is 6.10 Å². The molecule has 1 aliphatic rings. The van der Waals surface area contributed by atoms with Crippen LogP contribution in [0.25, 0.3) is 0 Å². The van der Waals surface area contributed by atoms with Crippen LogP contribution in [0.1, 0.15) is 58.8 Å². The normalized spacial score (nSPS) is 25.5. The summed E-state index contributed by atoms with van der Waals surface area (Å²) in [5.74, 6) is 0.295. The van der Waals surface area contributed by atoms with Crippen molar-refractivity contribution >= 4 is 5.84 Å². The largest absolute Gasteiger partial charge is 0.409 e. The van der Waals surface area contributed by atoms with Gasteiger partial charge in [-0.15, -0.1) is 0 Å². The molecular weight excluding hydrogens is 242 g/mol. The van der Waals surface area contributed by atoms with Crippen molar-refractivity contribution in [2.75, 3.05) is 6.54 Å². The lowest BCUT2D eigenvalue weighted by molar-refractivity contribution is 0.0909. The van der Waals surface area contributed by atoms with Crippen LogP contribution in [0, 0.1) is 5.41 Å². The Labute approximate surface area is 116 Å². The molecule has 0 heterocycles. The van der Waals surface area contributed by atoms with E-state index in [1.165, 1.54) is 6.42 Å². The average Bonchev–Trinajstić information content (AvgIpc) is 2.39. The molecule has 5 N–H and O–H groups in total. The van der Waals surface area contributed by atoms with E-state index in [-0.39, 0.29) is 17.6 Å². The zero-order valence-corrected chi connectivity index (χ0v) is 12.2. The van der Waals surface area contributed by atoms with Crippen LogP contribution in [0.15, 0.2) is 5.16 Å². The number of nitrogens with one attached hydrogen (secondary N) is 1. The first-order chi connectivity index (χ1) is 8.97. The number of unbranched alkanes of at least 4 members (excludes halogenated alkanes) is 1. The standard InChI is InChI=1S/C14H29N3O2/c1-14(2,13(15)17-19)9-5-6-10-16-11-7-3-4-8-12(11)18/h11-12,16,18-19H,3-10H2,1-2H3,(H2,15,17). The first kappa shape index (κ1) is 16.2. The Bertz CT molecular complexity index is 292. The Morgan fingerprint density at radius 1 is 1.32 bits per heavy atom. The highest BCUT2D eigenvalue weighted by Crippen LogP contribution is 2.23. The molecule has 1 aliphatic carbocycles. The molecule has 0 aliphatic heterocycles. The van der Waals surface area contributed by atoms with Gasteiger partial charge in [-0.25, -0.2) is 0 Å². The molecule has 1 saturated carbocycles. The van der Waals surface area contributed by atoms with Crippen molar-refractivity contribution in [2.45, 2.75) is 70.9 Å². The van der Waals surface area contributed by atoms with Gasteiger partial charge >= 0.3 is 0 Å². The summed E-state index contributed by atoms with van der Waals surface area (Å²) in [6.45, 7) is 4.90. The van der Waals surface area contributed by atoms with Crippen LogP contribution in [-0.4, -0.2) is 34.8 Å². The molecule has 2 atom stereocenters. The molecule has 0 radical (unpaired) electrons. The predicted molar refractivity (Wildman–Crippen MR) is 77.3 cm³/mol. The van der Waals surface area contributed by atoms with Gasteiger partial charge in [-0.05, 0) is 32.2 Å². The summed E-state index contributed by atoms with van der Waals surface area (Å²) in [6.07, 6.45) is 7.16. The highest BCUT2D eigenvalue weighted by atomic mass is 16.4. The van der Waals surface area contributed by atoms with Crippen LogP contribution >= 0.6 is 0 Å². The number of rotatable bonds is 7. The van der Waals surface area contributed by atoms with Crippen LogP contribution in [0.4, 0.5) is 0 Å². The van der Waals surface area contributed by atoms with Gasteiger partial charge in [0.2, 0.25) is 0 Å². The quantitative estimate of drug-likeness (QED) is 0.187. The van der Waals surface area contributed by atoms with Gasteiger partial charge in [-0.2, -0.15) is 0 Å². The lowest BCUT2D eigenvalue weighted by Crippen LogP contribution is -2.42. The first-order valence-corrected chi connectivity index (χ1v) is 7.37. The molecular formula is C14H29N3O2. The fraction of sp³-hybridized carbons (Fsp3) is 0.929. The number of hydrogen-bond donors (Lipinski definition) is 4. The maximum Gasteiger partial charge on any atom is 0.144 e. The minimum atomic E-state index is -0.251. The van der Waals surface area contributed by atoms with Gasteiger partial charge < -0.3 is 21.4 Å². The monoisotopic (exact) mass is 271 g/mol. The lowest BCUT2D eigenvalue weighted by Gasteiger charge is -2.28. The van der Waals surface area contributed by atoms with Crippen LogP contribution in [0.5, 0.6) is 0 Å². The van der Waals surface area contributed by atoms with Crippen molar-refractivity contribution in [1.29, 1.82) is 0 Å². The molecule has 19 heavy (non-hydrogen) atoms. The van der Waals surface area contributed by atoms with Crippen molar-refractivity contribution in [1.82, 2.24) is 5.32 Å². The summed E-state index contributed by atoms with van der Waals surface area (Å²) in [5, 5.41) is 25.1. The Kier molecular flexibility index (Phi) is 6.58. The molecule has 0 amide bonds. The third-order valence-electron chi connectivity index (χ3n) is 4.17. The summed E-state index contributed by atoms with van der Waals surface area (Å²) >= 11 is 0. The molecule has 0 aromatic rings. The van der Waals surface area contributed by atoms with Crippen molar-refractivity contribution < 1.29 is 10.3 Å². The minimum Gasteiger partial charge on any atom is -0.409 e. The summed E-state index contributed by atoms with van der Waals surface area (Å²) in [5.41, 5.74) is 5.40. The minimum absolute atomic E-state index is 0.178. The first-order valence-electron chi connectivity index (χ1n) is 7.37. The van der Waals surface area contributed by atoms with Crippen molar-refractivity contribution in [2.24, 2.45) is 16.3 Å². The van der Waals surface area contributed by atoms with E-state index in [1.54, 1.807) is 0 Å². The molecule has 2 unspecified atom stereocenters. The second-order valence-corrected chi connectivity index (χ2v) is 6.24. The van der Waals surface area contributed by atoms with E-state index in [9.17, 15) is 5.11 Å². The third-order valence-corrected chi connectivity index (χ3v) is 4.17. The van der Waals surface area contributed by atoms with E-state index in [1.807, 2.05) is 13.8 Å². The number of oxime groups is 1. The van der Waals surface area contributed by atoms with Crippen molar-refractivity contribution in [3.8, 4) is 0 Å². The van der Waals surface area contributed by atoms with E-state index in [2.05, 4.69) is 10.5 Å². The molecule has 112 valence electrons. The number of hydrogen-bond acceptors (Lipinski definition) is 4. The van der Waals surface area contributed by atoms with Crippen LogP contribution < -0.4 is 11.1 Å². The van der Waals surface area contributed by atoms with E-state index >= 15 is 0 Å². The molecule has 5 heteroatoms.